The predicted molar refractivity (Wildman–Crippen MR) is 76.8 cm³/mol. The number of thiazole rings is 1. The van der Waals surface area contributed by atoms with E-state index >= 15 is 0 Å². The fourth-order valence-corrected chi connectivity index (χ4v) is 2.45. The second-order valence-corrected chi connectivity index (χ2v) is 5.35. The van der Waals surface area contributed by atoms with E-state index in [2.05, 4.69) is 4.98 Å². The number of carbonyl (C=O) groups is 1. The third-order valence-electron chi connectivity index (χ3n) is 2.75. The van der Waals surface area contributed by atoms with Crippen LogP contribution in [0.2, 0.25) is 0 Å². The molecule has 0 saturated heterocycles. The van der Waals surface area contributed by atoms with Gasteiger partial charge in [0, 0.05) is 12.4 Å². The predicted octanol–water partition coefficient (Wildman–Crippen LogP) is 2.37. The minimum atomic E-state index is -0.976. The second-order valence-electron chi connectivity index (χ2n) is 4.29. The molecule has 1 aromatic heterocycles. The Morgan fingerprint density at radius 1 is 1.53 bits per heavy atom. The molecule has 2 aromatic rings. The van der Waals surface area contributed by atoms with Crippen LogP contribution in [0.1, 0.15) is 21.1 Å². The molecule has 0 aliphatic carbocycles. The van der Waals surface area contributed by atoms with Crippen LogP contribution in [0.5, 0.6) is 0 Å². The van der Waals surface area contributed by atoms with Crippen molar-refractivity contribution in [1.29, 1.82) is 0 Å². The molecule has 0 fully saturated rings. The van der Waals surface area contributed by atoms with E-state index in [9.17, 15) is 4.79 Å². The number of benzene rings is 1. The fourth-order valence-electron chi connectivity index (χ4n) is 1.84. The number of rotatable bonds is 4. The topological polar surface area (TPSA) is 79.5 Å². The van der Waals surface area contributed by atoms with E-state index in [4.69, 9.17) is 10.8 Å². The lowest BCUT2D eigenvalue weighted by Crippen LogP contribution is -2.18. The second kappa shape index (κ2) is 5.27. The summed E-state index contributed by atoms with van der Waals surface area (Å²) in [6, 6.07) is 4.75. The van der Waals surface area contributed by atoms with Crippen LogP contribution in [0.25, 0.3) is 0 Å². The Labute approximate surface area is 115 Å². The molecule has 0 spiro atoms. The maximum atomic E-state index is 10.9. The van der Waals surface area contributed by atoms with E-state index in [0.29, 0.717) is 12.2 Å². The smallest absolute Gasteiger partial charge is 0.335 e. The number of hydrogen-bond donors (Lipinski definition) is 2. The highest BCUT2D eigenvalue weighted by Gasteiger charge is 2.11. The molecule has 5 nitrogen and oxygen atoms in total. The van der Waals surface area contributed by atoms with Gasteiger partial charge in [0.15, 0.2) is 0 Å². The highest BCUT2D eigenvalue weighted by molar-refractivity contribution is 7.09. The van der Waals surface area contributed by atoms with E-state index < -0.39 is 5.97 Å². The third kappa shape index (κ3) is 3.03. The summed E-state index contributed by atoms with van der Waals surface area (Å²) in [5, 5.41) is 11.9. The summed E-state index contributed by atoms with van der Waals surface area (Å²) in [5.41, 5.74) is 8.32. The lowest BCUT2D eigenvalue weighted by atomic mass is 10.1. The van der Waals surface area contributed by atoms with Crippen LogP contribution in [-0.4, -0.2) is 23.1 Å². The molecule has 0 bridgehead atoms. The zero-order chi connectivity index (χ0) is 14.0. The minimum absolute atomic E-state index is 0.194. The Hall–Kier alpha value is -2.08. The van der Waals surface area contributed by atoms with Crippen LogP contribution in [0.3, 0.4) is 0 Å². The van der Waals surface area contributed by atoms with Gasteiger partial charge in [0.1, 0.15) is 0 Å². The van der Waals surface area contributed by atoms with Gasteiger partial charge in [-0.25, -0.2) is 9.78 Å². The Morgan fingerprint density at radius 3 is 2.79 bits per heavy atom. The minimum Gasteiger partial charge on any atom is -0.478 e. The van der Waals surface area contributed by atoms with Crippen molar-refractivity contribution in [2.75, 3.05) is 17.7 Å². The summed E-state index contributed by atoms with van der Waals surface area (Å²) in [7, 11) is 1.90. The van der Waals surface area contributed by atoms with Gasteiger partial charge in [-0.2, -0.15) is 0 Å². The van der Waals surface area contributed by atoms with Crippen molar-refractivity contribution < 1.29 is 9.90 Å². The largest absolute Gasteiger partial charge is 0.478 e. The molecular formula is C13H15N3O2S. The number of nitrogens with two attached hydrogens (primary N) is 1. The van der Waals surface area contributed by atoms with Crippen molar-refractivity contribution in [2.24, 2.45) is 0 Å². The molecule has 0 aliphatic heterocycles. The first-order valence-corrected chi connectivity index (χ1v) is 6.60. The van der Waals surface area contributed by atoms with Gasteiger partial charge >= 0.3 is 5.97 Å². The SMILES string of the molecule is Cc1nc(CN(C)c2ccc(C(=O)O)cc2N)cs1. The molecule has 0 amide bonds. The molecule has 6 heteroatoms. The Balaban J connectivity index is 2.19. The summed E-state index contributed by atoms with van der Waals surface area (Å²) in [6.07, 6.45) is 0. The van der Waals surface area contributed by atoms with Crippen molar-refractivity contribution in [3.05, 3.63) is 39.8 Å². The first kappa shape index (κ1) is 13.4. The molecule has 1 heterocycles. The van der Waals surface area contributed by atoms with Gasteiger partial charge < -0.3 is 15.7 Å². The Kier molecular flexibility index (Phi) is 3.71. The van der Waals surface area contributed by atoms with Crippen molar-refractivity contribution in [3.8, 4) is 0 Å². The van der Waals surface area contributed by atoms with E-state index in [1.54, 1.807) is 23.5 Å². The molecule has 3 N–H and O–H groups in total. The standard InChI is InChI=1S/C13H15N3O2S/c1-8-15-10(7-19-8)6-16(2)12-4-3-9(13(17)18)5-11(12)14/h3-5,7H,6,14H2,1-2H3,(H,17,18). The van der Waals surface area contributed by atoms with Gasteiger partial charge in [0.2, 0.25) is 0 Å². The normalized spacial score (nSPS) is 10.4. The number of carboxylic acids is 1. The van der Waals surface area contributed by atoms with Gasteiger partial charge in [0.25, 0.3) is 0 Å². The van der Waals surface area contributed by atoms with Crippen LogP contribution in [-0.2, 0) is 6.54 Å². The molecule has 0 unspecified atom stereocenters. The Morgan fingerprint density at radius 2 is 2.26 bits per heavy atom. The maximum Gasteiger partial charge on any atom is 0.335 e. The summed E-state index contributed by atoms with van der Waals surface area (Å²) in [6.45, 7) is 2.60. The van der Waals surface area contributed by atoms with Gasteiger partial charge in [-0.3, -0.25) is 0 Å². The lowest BCUT2D eigenvalue weighted by Gasteiger charge is -2.20. The number of nitrogens with zero attached hydrogens (tertiary/aromatic N) is 2. The summed E-state index contributed by atoms with van der Waals surface area (Å²) in [5.74, 6) is -0.976. The number of aryl methyl sites for hydroxylation is 1. The number of aromatic nitrogens is 1. The zero-order valence-electron chi connectivity index (χ0n) is 10.8. The molecule has 100 valence electrons. The molecule has 0 atom stereocenters. The van der Waals surface area contributed by atoms with E-state index in [1.807, 2.05) is 24.3 Å². The molecule has 2 rings (SSSR count). The van der Waals surface area contributed by atoms with Gasteiger partial charge in [-0.15, -0.1) is 11.3 Å². The average Bonchev–Trinajstić information content (AvgIpc) is 2.74. The highest BCUT2D eigenvalue weighted by atomic mass is 32.1. The molecule has 0 saturated carbocycles. The molecule has 0 aliphatic rings. The first-order chi connectivity index (χ1) is 8.97. The van der Waals surface area contributed by atoms with Gasteiger partial charge in [0.05, 0.1) is 34.2 Å². The van der Waals surface area contributed by atoms with Crippen LogP contribution >= 0.6 is 11.3 Å². The van der Waals surface area contributed by atoms with E-state index in [1.165, 1.54) is 6.07 Å². The van der Waals surface area contributed by atoms with E-state index in [0.717, 1.165) is 16.4 Å². The van der Waals surface area contributed by atoms with Gasteiger partial charge in [-0.05, 0) is 25.1 Å². The number of aromatic carboxylic acids is 1. The number of hydrogen-bond acceptors (Lipinski definition) is 5. The zero-order valence-corrected chi connectivity index (χ0v) is 11.6. The molecule has 1 aromatic carbocycles. The number of anilines is 2. The monoisotopic (exact) mass is 277 g/mol. The molecule has 0 radical (unpaired) electrons. The third-order valence-corrected chi connectivity index (χ3v) is 3.57. The Bertz CT molecular complexity index is 610. The maximum absolute atomic E-state index is 10.9. The highest BCUT2D eigenvalue weighted by Crippen LogP contribution is 2.25. The van der Waals surface area contributed by atoms with Crippen LogP contribution in [0.4, 0.5) is 11.4 Å². The molecule has 19 heavy (non-hydrogen) atoms. The first-order valence-electron chi connectivity index (χ1n) is 5.72. The number of carboxylic acid groups (broad SMARTS) is 1. The van der Waals surface area contributed by atoms with Gasteiger partial charge in [-0.1, -0.05) is 0 Å². The van der Waals surface area contributed by atoms with Crippen LogP contribution < -0.4 is 10.6 Å². The fraction of sp³-hybridized carbons (Fsp3) is 0.231. The molecular weight excluding hydrogens is 262 g/mol. The average molecular weight is 277 g/mol. The number of nitrogen functional groups attached to an aromatic ring is 1. The van der Waals surface area contributed by atoms with Crippen molar-refractivity contribution in [1.82, 2.24) is 4.98 Å². The van der Waals surface area contributed by atoms with Crippen molar-refractivity contribution >= 4 is 28.7 Å². The summed E-state index contributed by atoms with van der Waals surface area (Å²) >= 11 is 1.61. The van der Waals surface area contributed by atoms with Crippen molar-refractivity contribution in [3.63, 3.8) is 0 Å². The summed E-state index contributed by atoms with van der Waals surface area (Å²) in [4.78, 5) is 17.2. The van der Waals surface area contributed by atoms with E-state index in [-0.39, 0.29) is 5.56 Å². The summed E-state index contributed by atoms with van der Waals surface area (Å²) < 4.78 is 0. The van der Waals surface area contributed by atoms with Crippen molar-refractivity contribution in [2.45, 2.75) is 13.5 Å². The van der Waals surface area contributed by atoms with Crippen LogP contribution in [0, 0.1) is 6.92 Å². The quantitative estimate of drug-likeness (QED) is 0.839. The lowest BCUT2D eigenvalue weighted by molar-refractivity contribution is 0.0697. The van der Waals surface area contributed by atoms with Crippen LogP contribution in [0.15, 0.2) is 23.6 Å².